The van der Waals surface area contributed by atoms with E-state index in [2.05, 4.69) is 10.3 Å². The van der Waals surface area contributed by atoms with Crippen LogP contribution in [0.1, 0.15) is 6.92 Å². The number of carbonyl (C=O) groups excluding carboxylic acids is 2. The molecule has 0 aliphatic carbocycles. The number of benzene rings is 1. The Bertz CT molecular complexity index is 766. The van der Waals surface area contributed by atoms with Gasteiger partial charge in [-0.2, -0.15) is 0 Å². The molecule has 1 saturated heterocycles. The Hall–Kier alpha value is -2.35. The van der Waals surface area contributed by atoms with Crippen molar-refractivity contribution >= 4 is 41.0 Å². The molecule has 1 atom stereocenters. The van der Waals surface area contributed by atoms with Crippen molar-refractivity contribution in [1.82, 2.24) is 10.3 Å². The number of nitrogens with zero attached hydrogens (tertiary/aromatic N) is 1. The summed E-state index contributed by atoms with van der Waals surface area (Å²) in [6.07, 6.45) is -0.811. The highest BCUT2D eigenvalue weighted by Crippen LogP contribution is 2.25. The van der Waals surface area contributed by atoms with Crippen LogP contribution in [-0.4, -0.2) is 36.2 Å². The molecular formula is C13H13N3O4S. The first-order valence-electron chi connectivity index (χ1n) is 6.38. The zero-order chi connectivity index (χ0) is 15.0. The molecule has 1 aromatic carbocycles. The van der Waals surface area contributed by atoms with E-state index >= 15 is 0 Å². The Kier molecular flexibility index (Phi) is 3.38. The highest BCUT2D eigenvalue weighted by atomic mass is 32.1. The number of hydrogen-bond donors (Lipinski definition) is 2. The van der Waals surface area contributed by atoms with Gasteiger partial charge in [0.05, 0.1) is 24.3 Å². The third kappa shape index (κ3) is 2.75. The van der Waals surface area contributed by atoms with E-state index in [0.717, 1.165) is 5.52 Å². The van der Waals surface area contributed by atoms with Crippen LogP contribution in [0.25, 0.3) is 11.1 Å². The summed E-state index contributed by atoms with van der Waals surface area (Å²) in [5, 5.41) is 2.63. The molecule has 1 fully saturated rings. The van der Waals surface area contributed by atoms with E-state index in [4.69, 9.17) is 21.4 Å². The molecular weight excluding hydrogens is 294 g/mol. The minimum Gasteiger partial charge on any atom is -0.442 e. The van der Waals surface area contributed by atoms with Gasteiger partial charge >= 0.3 is 6.09 Å². The molecule has 0 radical (unpaired) electrons. The third-order valence-electron chi connectivity index (χ3n) is 3.17. The fraction of sp³-hybridized carbons (Fsp3) is 0.308. The van der Waals surface area contributed by atoms with E-state index < -0.39 is 6.09 Å². The minimum absolute atomic E-state index is 0.157. The van der Waals surface area contributed by atoms with Crippen molar-refractivity contribution in [2.45, 2.75) is 13.0 Å². The number of ether oxygens (including phenoxy) is 1. The molecule has 0 saturated carbocycles. The summed E-state index contributed by atoms with van der Waals surface area (Å²) in [5.74, 6) is -0.157. The summed E-state index contributed by atoms with van der Waals surface area (Å²) in [7, 11) is 0. The average Bonchev–Trinajstić information content (AvgIpc) is 2.97. The summed E-state index contributed by atoms with van der Waals surface area (Å²) in [4.78, 5) is 27.5. The zero-order valence-corrected chi connectivity index (χ0v) is 12.0. The largest absolute Gasteiger partial charge is 0.442 e. The Morgan fingerprint density at radius 1 is 1.57 bits per heavy atom. The monoisotopic (exact) mass is 307 g/mol. The maximum absolute atomic E-state index is 11.9. The molecule has 110 valence electrons. The van der Waals surface area contributed by atoms with Crippen LogP contribution in [0.2, 0.25) is 0 Å². The summed E-state index contributed by atoms with van der Waals surface area (Å²) >= 11 is 4.92. The predicted octanol–water partition coefficient (Wildman–Crippen LogP) is 1.95. The number of H-pyrrole nitrogens is 1. The number of nitrogens with one attached hydrogen (secondary N) is 2. The van der Waals surface area contributed by atoms with Crippen molar-refractivity contribution in [3.8, 4) is 0 Å². The van der Waals surface area contributed by atoms with Crippen LogP contribution in [0.5, 0.6) is 0 Å². The molecule has 1 aromatic heterocycles. The van der Waals surface area contributed by atoms with Crippen LogP contribution in [-0.2, 0) is 9.53 Å². The summed E-state index contributed by atoms with van der Waals surface area (Å²) in [6.45, 7) is 2.09. The number of cyclic esters (lactones) is 1. The van der Waals surface area contributed by atoms with Gasteiger partial charge in [-0.3, -0.25) is 9.69 Å². The molecule has 1 aliphatic rings. The fourth-order valence-electron chi connectivity index (χ4n) is 2.20. The molecule has 2 amide bonds. The third-order valence-corrected chi connectivity index (χ3v) is 3.35. The summed E-state index contributed by atoms with van der Waals surface area (Å²) in [5.41, 5.74) is 2.01. The number of fused-ring (bicyclic) bond motifs is 1. The van der Waals surface area contributed by atoms with Gasteiger partial charge in [0, 0.05) is 13.0 Å². The Morgan fingerprint density at radius 2 is 2.38 bits per heavy atom. The topological polar surface area (TPSA) is 87.6 Å². The lowest BCUT2D eigenvalue weighted by molar-refractivity contribution is -0.119. The first-order chi connectivity index (χ1) is 10.0. The summed E-state index contributed by atoms with van der Waals surface area (Å²) in [6, 6.07) is 5.30. The van der Waals surface area contributed by atoms with Crippen LogP contribution in [0.3, 0.4) is 0 Å². The van der Waals surface area contributed by atoms with Crippen LogP contribution < -0.4 is 10.2 Å². The molecule has 2 heterocycles. The lowest BCUT2D eigenvalue weighted by Gasteiger charge is -2.12. The second-order valence-corrected chi connectivity index (χ2v) is 5.12. The van der Waals surface area contributed by atoms with E-state index in [1.165, 1.54) is 11.8 Å². The van der Waals surface area contributed by atoms with Gasteiger partial charge in [-0.1, -0.05) is 0 Å². The lowest BCUT2D eigenvalue weighted by atomic mass is 10.2. The number of hydrogen-bond acceptors (Lipinski definition) is 5. The van der Waals surface area contributed by atoms with Crippen molar-refractivity contribution in [1.29, 1.82) is 0 Å². The van der Waals surface area contributed by atoms with Gasteiger partial charge in [-0.15, -0.1) is 0 Å². The van der Waals surface area contributed by atoms with Crippen molar-refractivity contribution in [2.75, 3.05) is 18.0 Å². The van der Waals surface area contributed by atoms with Crippen molar-refractivity contribution < 1.29 is 18.7 Å². The van der Waals surface area contributed by atoms with E-state index in [1.807, 2.05) is 0 Å². The molecule has 2 N–H and O–H groups in total. The SMILES string of the molecule is CC(=O)NC[C@H]1CN(c2ccc3[nH]c(=S)oc3c2)C(=O)O1. The molecule has 0 spiro atoms. The molecule has 2 aromatic rings. The van der Waals surface area contributed by atoms with Crippen molar-refractivity contribution in [3.63, 3.8) is 0 Å². The quantitative estimate of drug-likeness (QED) is 0.846. The normalized spacial score (nSPS) is 18.0. The lowest BCUT2D eigenvalue weighted by Crippen LogP contribution is -2.33. The van der Waals surface area contributed by atoms with E-state index in [1.54, 1.807) is 18.2 Å². The van der Waals surface area contributed by atoms with E-state index in [0.29, 0.717) is 24.4 Å². The van der Waals surface area contributed by atoms with Gasteiger partial charge in [-0.05, 0) is 24.4 Å². The standard InChI is InChI=1S/C13H13N3O4S/c1-7(17)14-5-9-6-16(13(18)19-9)8-2-3-10-11(4-8)20-12(21)15-10/h2-4,9H,5-6H2,1H3,(H,14,17)(H,15,21)/t9-/m0/s1. The second kappa shape index (κ2) is 5.21. The molecule has 1 aliphatic heterocycles. The molecule has 3 rings (SSSR count). The highest BCUT2D eigenvalue weighted by molar-refractivity contribution is 7.71. The minimum atomic E-state index is -0.446. The Labute approximate surface area is 124 Å². The van der Waals surface area contributed by atoms with Gasteiger partial charge in [0.2, 0.25) is 5.91 Å². The first kappa shape index (κ1) is 13.6. The van der Waals surface area contributed by atoms with Crippen LogP contribution in [0.4, 0.5) is 10.5 Å². The van der Waals surface area contributed by atoms with Gasteiger partial charge in [0.1, 0.15) is 6.10 Å². The maximum atomic E-state index is 11.9. The van der Waals surface area contributed by atoms with Gasteiger partial charge in [-0.25, -0.2) is 4.79 Å². The number of oxazole rings is 1. The van der Waals surface area contributed by atoms with Crippen molar-refractivity contribution in [3.05, 3.63) is 23.0 Å². The Balaban J connectivity index is 1.80. The summed E-state index contributed by atoms with van der Waals surface area (Å²) < 4.78 is 10.5. The molecule has 0 unspecified atom stereocenters. The van der Waals surface area contributed by atoms with Crippen LogP contribution in [0.15, 0.2) is 22.6 Å². The molecule has 8 heteroatoms. The molecule has 0 bridgehead atoms. The number of aromatic amines is 1. The average molecular weight is 307 g/mol. The van der Waals surface area contributed by atoms with Gasteiger partial charge < -0.3 is 19.5 Å². The fourth-order valence-corrected chi connectivity index (χ4v) is 2.40. The number of amides is 2. The predicted molar refractivity (Wildman–Crippen MR) is 77.7 cm³/mol. The molecule has 7 nitrogen and oxygen atoms in total. The zero-order valence-electron chi connectivity index (χ0n) is 11.2. The highest BCUT2D eigenvalue weighted by Gasteiger charge is 2.32. The van der Waals surface area contributed by atoms with E-state index in [9.17, 15) is 9.59 Å². The maximum Gasteiger partial charge on any atom is 0.414 e. The number of rotatable bonds is 3. The Morgan fingerprint density at radius 3 is 3.14 bits per heavy atom. The van der Waals surface area contributed by atoms with Crippen molar-refractivity contribution in [2.24, 2.45) is 0 Å². The van der Waals surface area contributed by atoms with E-state index in [-0.39, 0.29) is 16.8 Å². The van der Waals surface area contributed by atoms with Crippen LogP contribution >= 0.6 is 12.2 Å². The number of anilines is 1. The number of aromatic nitrogens is 1. The molecule has 21 heavy (non-hydrogen) atoms. The first-order valence-corrected chi connectivity index (χ1v) is 6.79. The van der Waals surface area contributed by atoms with Gasteiger partial charge in [0.15, 0.2) is 5.58 Å². The van der Waals surface area contributed by atoms with Gasteiger partial charge in [0.25, 0.3) is 4.84 Å². The van der Waals surface area contributed by atoms with Crippen LogP contribution in [0, 0.1) is 4.84 Å². The second-order valence-electron chi connectivity index (χ2n) is 4.75. The smallest absolute Gasteiger partial charge is 0.414 e. The number of carbonyl (C=O) groups is 2.